The number of nitrogens with two attached hydrogens (primary N) is 1. The first-order valence-corrected chi connectivity index (χ1v) is 7.31. The average molecular weight is 276 g/mol. The highest BCUT2D eigenvalue weighted by Crippen LogP contribution is 2.19. The first kappa shape index (κ1) is 14.1. The zero-order chi connectivity index (χ0) is 13.7. The van der Waals surface area contributed by atoms with Gasteiger partial charge >= 0.3 is 0 Å². The van der Waals surface area contributed by atoms with Crippen LogP contribution in [-0.2, 0) is 13.5 Å². The van der Waals surface area contributed by atoms with E-state index in [1.807, 2.05) is 36.5 Å². The molecule has 0 saturated heterocycles. The Morgan fingerprint density at radius 2 is 2.11 bits per heavy atom. The number of nitrogens with one attached hydrogen (secondary N) is 1. The van der Waals surface area contributed by atoms with Crippen LogP contribution in [0.15, 0.2) is 41.3 Å². The predicted molar refractivity (Wildman–Crippen MR) is 79.9 cm³/mol. The zero-order valence-corrected chi connectivity index (χ0v) is 12.2. The number of hydrazine groups is 1. The molecule has 1 aromatic heterocycles. The number of rotatable bonds is 6. The predicted octanol–water partition coefficient (Wildman–Crippen LogP) is 1.90. The fourth-order valence-electron chi connectivity index (χ4n) is 1.99. The molecule has 0 spiro atoms. The van der Waals surface area contributed by atoms with Gasteiger partial charge in [-0.25, -0.2) is 0 Å². The molecule has 3 N–H and O–H groups in total. The normalized spacial score (nSPS) is 12.6. The second kappa shape index (κ2) is 6.75. The lowest BCUT2D eigenvalue weighted by atomic mass is 10.2. The Balaban J connectivity index is 1.92. The summed E-state index contributed by atoms with van der Waals surface area (Å²) in [4.78, 5) is 1.27. The summed E-state index contributed by atoms with van der Waals surface area (Å²) in [6.45, 7) is 2.01. The minimum atomic E-state index is 0.236. The van der Waals surface area contributed by atoms with Crippen LogP contribution in [0, 0.1) is 6.92 Å². The van der Waals surface area contributed by atoms with E-state index in [4.69, 9.17) is 5.84 Å². The number of benzene rings is 1. The van der Waals surface area contributed by atoms with E-state index in [1.165, 1.54) is 10.6 Å². The SMILES string of the molecule is Cc1cc(CC(CSc2ccccc2)NN)n(C)n1. The quantitative estimate of drug-likeness (QED) is 0.481. The Kier molecular flexibility index (Phi) is 5.01. The van der Waals surface area contributed by atoms with Crippen LogP contribution in [-0.4, -0.2) is 21.6 Å². The third-order valence-electron chi connectivity index (χ3n) is 2.98. The van der Waals surface area contributed by atoms with E-state index >= 15 is 0 Å². The Labute approximate surface area is 118 Å². The van der Waals surface area contributed by atoms with E-state index in [9.17, 15) is 0 Å². The van der Waals surface area contributed by atoms with Crippen molar-refractivity contribution in [3.8, 4) is 0 Å². The lowest BCUT2D eigenvalue weighted by Gasteiger charge is -2.15. The topological polar surface area (TPSA) is 55.9 Å². The Hall–Kier alpha value is -1.30. The lowest BCUT2D eigenvalue weighted by Crippen LogP contribution is -2.39. The molecule has 0 aliphatic rings. The Bertz CT molecular complexity index is 509. The fourth-order valence-corrected chi connectivity index (χ4v) is 2.94. The molecule has 1 unspecified atom stereocenters. The molecule has 102 valence electrons. The van der Waals surface area contributed by atoms with Gasteiger partial charge < -0.3 is 0 Å². The third kappa shape index (κ3) is 4.09. The molecule has 1 aromatic carbocycles. The van der Waals surface area contributed by atoms with Crippen molar-refractivity contribution in [2.75, 3.05) is 5.75 Å². The number of nitrogens with zero attached hydrogens (tertiary/aromatic N) is 2. The van der Waals surface area contributed by atoms with E-state index in [2.05, 4.69) is 40.9 Å². The van der Waals surface area contributed by atoms with Gasteiger partial charge in [-0.2, -0.15) is 5.10 Å². The van der Waals surface area contributed by atoms with E-state index in [-0.39, 0.29) is 6.04 Å². The van der Waals surface area contributed by atoms with Crippen LogP contribution < -0.4 is 11.3 Å². The van der Waals surface area contributed by atoms with Gasteiger partial charge in [-0.05, 0) is 25.1 Å². The van der Waals surface area contributed by atoms with Crippen molar-refractivity contribution in [3.63, 3.8) is 0 Å². The van der Waals surface area contributed by atoms with Gasteiger partial charge in [0.1, 0.15) is 0 Å². The summed E-state index contributed by atoms with van der Waals surface area (Å²) >= 11 is 1.81. The highest BCUT2D eigenvalue weighted by atomic mass is 32.2. The molecule has 0 fully saturated rings. The van der Waals surface area contributed by atoms with E-state index in [1.54, 1.807) is 0 Å². The number of aryl methyl sites for hydroxylation is 2. The van der Waals surface area contributed by atoms with Crippen LogP contribution in [0.2, 0.25) is 0 Å². The summed E-state index contributed by atoms with van der Waals surface area (Å²) in [6, 6.07) is 12.7. The summed E-state index contributed by atoms with van der Waals surface area (Å²) in [5, 5.41) is 4.36. The molecule has 0 radical (unpaired) electrons. The largest absolute Gasteiger partial charge is 0.272 e. The van der Waals surface area contributed by atoms with Gasteiger partial charge in [-0.3, -0.25) is 16.0 Å². The van der Waals surface area contributed by atoms with Crippen LogP contribution in [0.25, 0.3) is 0 Å². The minimum Gasteiger partial charge on any atom is -0.272 e. The number of hydrogen-bond donors (Lipinski definition) is 2. The zero-order valence-electron chi connectivity index (χ0n) is 11.3. The summed E-state index contributed by atoms with van der Waals surface area (Å²) in [6.07, 6.45) is 0.883. The van der Waals surface area contributed by atoms with E-state index < -0.39 is 0 Å². The van der Waals surface area contributed by atoms with Gasteiger partial charge in [0, 0.05) is 35.9 Å². The average Bonchev–Trinajstić information content (AvgIpc) is 2.74. The van der Waals surface area contributed by atoms with Gasteiger partial charge in [-0.15, -0.1) is 11.8 Å². The van der Waals surface area contributed by atoms with Crippen molar-refractivity contribution in [1.82, 2.24) is 15.2 Å². The van der Waals surface area contributed by atoms with Crippen LogP contribution in [0.4, 0.5) is 0 Å². The summed E-state index contributed by atoms with van der Waals surface area (Å²) < 4.78 is 1.92. The standard InChI is InChI=1S/C14H20N4S/c1-11-8-13(18(2)17-11)9-12(16-15)10-19-14-6-4-3-5-7-14/h3-8,12,16H,9-10,15H2,1-2H3. The first-order chi connectivity index (χ1) is 9.19. The Morgan fingerprint density at radius 1 is 1.37 bits per heavy atom. The molecule has 0 aliphatic carbocycles. The second-order valence-electron chi connectivity index (χ2n) is 4.59. The maximum Gasteiger partial charge on any atom is 0.0596 e. The van der Waals surface area contributed by atoms with Crippen molar-refractivity contribution in [2.45, 2.75) is 24.3 Å². The number of thioether (sulfide) groups is 1. The molecular formula is C14H20N4S. The lowest BCUT2D eigenvalue weighted by molar-refractivity contribution is 0.551. The number of aromatic nitrogens is 2. The molecule has 5 heteroatoms. The maximum absolute atomic E-state index is 5.65. The fraction of sp³-hybridized carbons (Fsp3) is 0.357. The molecular weight excluding hydrogens is 256 g/mol. The van der Waals surface area contributed by atoms with Crippen molar-refractivity contribution in [3.05, 3.63) is 47.8 Å². The molecule has 19 heavy (non-hydrogen) atoms. The molecule has 1 heterocycles. The molecule has 0 amide bonds. The second-order valence-corrected chi connectivity index (χ2v) is 5.69. The summed E-state index contributed by atoms with van der Waals surface area (Å²) in [5.74, 6) is 6.58. The molecule has 0 bridgehead atoms. The van der Waals surface area contributed by atoms with Gasteiger partial charge in [-0.1, -0.05) is 18.2 Å². The minimum absolute atomic E-state index is 0.236. The summed E-state index contributed by atoms with van der Waals surface area (Å²) in [7, 11) is 1.97. The molecule has 2 aromatic rings. The monoisotopic (exact) mass is 276 g/mol. The van der Waals surface area contributed by atoms with Crippen LogP contribution in [0.5, 0.6) is 0 Å². The van der Waals surface area contributed by atoms with Gasteiger partial charge in [0.05, 0.1) is 5.69 Å². The Morgan fingerprint density at radius 3 is 2.68 bits per heavy atom. The number of hydrogen-bond acceptors (Lipinski definition) is 4. The molecule has 1 atom stereocenters. The van der Waals surface area contributed by atoms with Crippen LogP contribution in [0.3, 0.4) is 0 Å². The van der Waals surface area contributed by atoms with Gasteiger partial charge in [0.2, 0.25) is 0 Å². The molecule has 0 aliphatic heterocycles. The van der Waals surface area contributed by atoms with Gasteiger partial charge in [0.15, 0.2) is 0 Å². The van der Waals surface area contributed by atoms with Crippen molar-refractivity contribution in [2.24, 2.45) is 12.9 Å². The molecule has 2 rings (SSSR count). The maximum atomic E-state index is 5.65. The highest BCUT2D eigenvalue weighted by molar-refractivity contribution is 7.99. The van der Waals surface area contributed by atoms with Crippen molar-refractivity contribution >= 4 is 11.8 Å². The van der Waals surface area contributed by atoms with Gasteiger partial charge in [0.25, 0.3) is 0 Å². The smallest absolute Gasteiger partial charge is 0.0596 e. The summed E-state index contributed by atoms with van der Waals surface area (Å²) in [5.41, 5.74) is 5.14. The van der Waals surface area contributed by atoms with E-state index in [0.29, 0.717) is 0 Å². The van der Waals surface area contributed by atoms with E-state index in [0.717, 1.165) is 17.9 Å². The van der Waals surface area contributed by atoms with Crippen molar-refractivity contribution in [1.29, 1.82) is 0 Å². The first-order valence-electron chi connectivity index (χ1n) is 6.32. The third-order valence-corrected chi connectivity index (χ3v) is 4.16. The molecule has 4 nitrogen and oxygen atoms in total. The molecule has 0 saturated carbocycles. The highest BCUT2D eigenvalue weighted by Gasteiger charge is 2.11. The van der Waals surface area contributed by atoms with Crippen LogP contribution >= 0.6 is 11.8 Å². The van der Waals surface area contributed by atoms with Crippen LogP contribution in [0.1, 0.15) is 11.4 Å². The van der Waals surface area contributed by atoms with Crippen molar-refractivity contribution < 1.29 is 0 Å².